The smallest absolute Gasteiger partial charge is 0.186 e. The van der Waals surface area contributed by atoms with Gasteiger partial charge in [0, 0.05) is 0 Å². The molecule has 0 heterocycles. The molecule has 0 fully saturated rings. The van der Waals surface area contributed by atoms with E-state index in [1.165, 1.54) is 37.8 Å². The van der Waals surface area contributed by atoms with Crippen LogP contribution in [0.4, 0.5) is 0 Å². The molecule has 0 aromatic heterocycles. The van der Waals surface area contributed by atoms with Crippen LogP contribution in [0.2, 0.25) is 31.7 Å². The van der Waals surface area contributed by atoms with Gasteiger partial charge in [-0.3, -0.25) is 0 Å². The zero-order valence-corrected chi connectivity index (χ0v) is 17.2. The third-order valence-electron chi connectivity index (χ3n) is 4.35. The van der Waals surface area contributed by atoms with Crippen LogP contribution in [0.25, 0.3) is 0 Å². The van der Waals surface area contributed by atoms with Gasteiger partial charge in [-0.15, -0.1) is 0 Å². The molecule has 0 rings (SSSR count). The molecule has 0 spiro atoms. The Kier molecular flexibility index (Phi) is 8.15. The lowest BCUT2D eigenvalue weighted by atomic mass is 10.4. The van der Waals surface area contributed by atoms with Gasteiger partial charge in [0.15, 0.2) is 8.40 Å². The highest BCUT2D eigenvalue weighted by Gasteiger charge is 2.39. The van der Waals surface area contributed by atoms with Gasteiger partial charge in [-0.1, -0.05) is 52.6 Å². The van der Waals surface area contributed by atoms with Crippen LogP contribution >= 0.6 is 0 Å². The van der Waals surface area contributed by atoms with Crippen molar-refractivity contribution >= 4 is 27.0 Å². The van der Waals surface area contributed by atoms with Gasteiger partial charge in [0.05, 0.1) is 10.4 Å². The number of hydrogen-bond acceptors (Lipinski definition) is 2. The number of nitrogens with one attached hydrogen (secondary N) is 1. The lowest BCUT2D eigenvalue weighted by molar-refractivity contribution is 0.684. The maximum Gasteiger partial charge on any atom is 0.186 e. The van der Waals surface area contributed by atoms with Crippen molar-refractivity contribution in [1.29, 1.82) is 0 Å². The largest absolute Gasteiger partial charge is 0.355 e. The second-order valence-electron chi connectivity index (χ2n) is 6.10. The van der Waals surface area contributed by atoms with Crippen molar-refractivity contribution in [2.75, 3.05) is 7.05 Å². The molecule has 0 aromatic carbocycles. The van der Waals surface area contributed by atoms with E-state index in [4.69, 9.17) is 0 Å². The summed E-state index contributed by atoms with van der Waals surface area (Å²) in [6.07, 6.45) is 5.46. The summed E-state index contributed by atoms with van der Waals surface area (Å²) < 4.78 is 6.68. The van der Waals surface area contributed by atoms with Crippen LogP contribution in [0.1, 0.15) is 39.5 Å². The molecule has 0 bridgehead atoms. The molecule has 1 atom stereocenters. The Morgan fingerprint density at radius 3 is 1.88 bits per heavy atom. The van der Waals surface area contributed by atoms with Gasteiger partial charge in [-0.05, 0) is 25.7 Å². The summed E-state index contributed by atoms with van der Waals surface area (Å²) in [5.41, 5.74) is 0. The standard InChI is InChI=1S/C12H34N2Si3/c1-7-9-11-16(4,5)14(3)17(6,13-15)12-10-8-2/h13H,7-12H2,1-6,15H3. The van der Waals surface area contributed by atoms with Crippen LogP contribution in [-0.4, -0.2) is 38.3 Å². The molecule has 1 unspecified atom stereocenters. The van der Waals surface area contributed by atoms with Crippen LogP contribution in [-0.2, 0) is 0 Å². The fourth-order valence-corrected chi connectivity index (χ4v) is 14.7. The minimum atomic E-state index is -1.33. The third-order valence-corrected chi connectivity index (χ3v) is 18.2. The van der Waals surface area contributed by atoms with E-state index in [9.17, 15) is 0 Å². The van der Waals surface area contributed by atoms with Crippen LogP contribution < -0.4 is 4.65 Å². The van der Waals surface area contributed by atoms with Crippen molar-refractivity contribution in [3.05, 3.63) is 0 Å². The van der Waals surface area contributed by atoms with Gasteiger partial charge in [-0.2, -0.15) is 0 Å². The molecule has 0 aliphatic carbocycles. The zero-order chi connectivity index (χ0) is 13.5. The van der Waals surface area contributed by atoms with E-state index in [0.717, 1.165) is 10.4 Å². The second-order valence-corrected chi connectivity index (χ2v) is 17.1. The summed E-state index contributed by atoms with van der Waals surface area (Å²) in [5.74, 6) is 0. The maximum atomic E-state index is 3.83. The van der Waals surface area contributed by atoms with Crippen molar-refractivity contribution in [3.63, 3.8) is 0 Å². The molecule has 0 aromatic rings. The molecule has 0 amide bonds. The molecule has 104 valence electrons. The summed E-state index contributed by atoms with van der Waals surface area (Å²) in [4.78, 5) is 0. The minimum Gasteiger partial charge on any atom is -0.355 e. The first-order valence-electron chi connectivity index (χ1n) is 7.27. The molecule has 0 saturated heterocycles. The highest BCUT2D eigenvalue weighted by Crippen LogP contribution is 2.25. The van der Waals surface area contributed by atoms with Crippen molar-refractivity contribution in [2.24, 2.45) is 0 Å². The van der Waals surface area contributed by atoms with E-state index in [-0.39, 0.29) is 0 Å². The van der Waals surface area contributed by atoms with E-state index in [2.05, 4.69) is 49.4 Å². The zero-order valence-electron chi connectivity index (χ0n) is 13.2. The molecule has 0 aliphatic heterocycles. The highest BCUT2D eigenvalue weighted by atomic mass is 28.4. The SMILES string of the molecule is CCCC[Si](C)(C)N(C)[Si](C)(CCCC)N[SiH3]. The van der Waals surface area contributed by atoms with E-state index in [1.807, 2.05) is 0 Å². The highest BCUT2D eigenvalue weighted by molar-refractivity contribution is 6.91. The summed E-state index contributed by atoms with van der Waals surface area (Å²) in [7, 11) is 1.05. The first-order chi connectivity index (χ1) is 7.84. The molecule has 1 N–H and O–H groups in total. The fourth-order valence-electron chi connectivity index (χ4n) is 2.43. The molecule has 2 nitrogen and oxygen atoms in total. The van der Waals surface area contributed by atoms with Crippen molar-refractivity contribution in [2.45, 2.75) is 71.3 Å². The summed E-state index contributed by atoms with van der Waals surface area (Å²) in [6.45, 7) is 12.3. The van der Waals surface area contributed by atoms with Gasteiger partial charge in [-0.25, -0.2) is 0 Å². The van der Waals surface area contributed by atoms with Gasteiger partial charge >= 0.3 is 0 Å². The molecule has 17 heavy (non-hydrogen) atoms. The molecule has 5 heteroatoms. The van der Waals surface area contributed by atoms with E-state index in [0.29, 0.717) is 0 Å². The van der Waals surface area contributed by atoms with Gasteiger partial charge in [0.25, 0.3) is 0 Å². The van der Waals surface area contributed by atoms with Crippen molar-refractivity contribution < 1.29 is 0 Å². The molecular weight excluding hydrogens is 256 g/mol. The Morgan fingerprint density at radius 1 is 1.00 bits per heavy atom. The molecular formula is C12H34N2Si3. The number of unbranched alkanes of at least 4 members (excludes halogenated alkanes) is 2. The third kappa shape index (κ3) is 5.38. The quantitative estimate of drug-likeness (QED) is 0.657. The second kappa shape index (κ2) is 7.89. The lowest BCUT2D eigenvalue weighted by Gasteiger charge is -2.46. The number of hydrogen-bond donors (Lipinski definition) is 1. The van der Waals surface area contributed by atoms with Crippen molar-refractivity contribution in [1.82, 2.24) is 8.88 Å². The first-order valence-corrected chi connectivity index (χ1v) is 14.1. The average Bonchev–Trinajstić information content (AvgIpc) is 2.32. The molecule has 0 saturated carbocycles. The van der Waals surface area contributed by atoms with E-state index >= 15 is 0 Å². The fraction of sp³-hybridized carbons (Fsp3) is 1.00. The van der Waals surface area contributed by atoms with Gasteiger partial charge in [0.2, 0.25) is 0 Å². The average molecular weight is 291 g/mol. The summed E-state index contributed by atoms with van der Waals surface area (Å²) in [5, 5.41) is 0. The van der Waals surface area contributed by atoms with Crippen LogP contribution in [0.5, 0.6) is 0 Å². The van der Waals surface area contributed by atoms with Crippen LogP contribution in [0.3, 0.4) is 0 Å². The Bertz CT molecular complexity index is 212. The Hall–Kier alpha value is 0.571. The van der Waals surface area contributed by atoms with Crippen LogP contribution in [0.15, 0.2) is 0 Å². The van der Waals surface area contributed by atoms with Crippen LogP contribution in [0, 0.1) is 0 Å². The van der Waals surface area contributed by atoms with E-state index < -0.39 is 16.6 Å². The Balaban J connectivity index is 4.64. The lowest BCUT2D eigenvalue weighted by Crippen LogP contribution is -2.67. The van der Waals surface area contributed by atoms with E-state index in [1.54, 1.807) is 0 Å². The summed E-state index contributed by atoms with van der Waals surface area (Å²) in [6, 6.07) is 2.88. The topological polar surface area (TPSA) is 15.3 Å². The first kappa shape index (κ1) is 17.6. The molecule has 0 radical (unpaired) electrons. The predicted molar refractivity (Wildman–Crippen MR) is 89.4 cm³/mol. The minimum absolute atomic E-state index is 1.14. The van der Waals surface area contributed by atoms with Gasteiger partial charge in [0.1, 0.15) is 8.24 Å². The van der Waals surface area contributed by atoms with Crippen molar-refractivity contribution in [3.8, 4) is 0 Å². The normalized spacial score (nSPS) is 16.4. The van der Waals surface area contributed by atoms with Gasteiger partial charge < -0.3 is 8.88 Å². The maximum absolute atomic E-state index is 3.83. The predicted octanol–water partition coefficient (Wildman–Crippen LogP) is 2.67. The Morgan fingerprint density at radius 2 is 1.47 bits per heavy atom. The summed E-state index contributed by atoms with van der Waals surface area (Å²) >= 11 is 0. The number of nitrogens with zero attached hydrogens (tertiary/aromatic N) is 1. The Labute approximate surface area is 114 Å². The monoisotopic (exact) mass is 290 g/mol. The molecule has 0 aliphatic rings. The number of rotatable bonds is 9.